The Morgan fingerprint density at radius 1 is 1.12 bits per heavy atom. The van der Waals surface area contributed by atoms with E-state index < -0.39 is 0 Å². The van der Waals surface area contributed by atoms with Gasteiger partial charge in [-0.1, -0.05) is 46.7 Å². The summed E-state index contributed by atoms with van der Waals surface area (Å²) in [6, 6.07) is 13.6. The first-order valence-electron chi connectivity index (χ1n) is 8.32. The van der Waals surface area contributed by atoms with E-state index >= 15 is 0 Å². The molecule has 3 aromatic rings. The molecule has 4 nitrogen and oxygen atoms in total. The molecule has 0 aliphatic carbocycles. The first kappa shape index (κ1) is 18.4. The van der Waals surface area contributed by atoms with Crippen LogP contribution in [0.25, 0.3) is 0 Å². The van der Waals surface area contributed by atoms with Gasteiger partial charge in [0.2, 0.25) is 5.88 Å². The Balaban J connectivity index is 1.99. The van der Waals surface area contributed by atoms with Crippen LogP contribution in [-0.2, 0) is 6.54 Å². The topological polar surface area (TPSA) is 49.9 Å². The lowest BCUT2D eigenvalue weighted by molar-refractivity contribution is 0.416. The number of aliphatic imine (C=N–C) groups is 1. The van der Waals surface area contributed by atoms with Crippen molar-refractivity contribution in [3.63, 3.8) is 0 Å². The van der Waals surface area contributed by atoms with E-state index in [1.807, 2.05) is 63.2 Å². The molecule has 0 aliphatic heterocycles. The molecule has 1 N–H and O–H groups in total. The smallest absolute Gasteiger partial charge is 0.212 e. The van der Waals surface area contributed by atoms with Gasteiger partial charge in [0.1, 0.15) is 4.88 Å². The van der Waals surface area contributed by atoms with E-state index in [1.165, 1.54) is 16.9 Å². The monoisotopic (exact) mass is 385 g/mol. The van der Waals surface area contributed by atoms with Gasteiger partial charge in [-0.3, -0.25) is 9.56 Å². The molecule has 0 saturated carbocycles. The Kier molecular flexibility index (Phi) is 5.59. The standard InChI is InChI=1S/C20H20ClN3OS/c1-4-24-19(25)18(12-22-15-8-5-13(2)6-9-15)26-20(24)23-16-10-7-14(3)17(21)11-16/h5-12,25H,4H2,1-3H3. The molecule has 0 radical (unpaired) electrons. The second-order valence-electron chi connectivity index (χ2n) is 5.96. The Morgan fingerprint density at radius 3 is 2.46 bits per heavy atom. The molecule has 0 atom stereocenters. The molecule has 0 unspecified atom stereocenters. The normalized spacial score (nSPS) is 12.2. The van der Waals surface area contributed by atoms with E-state index in [9.17, 15) is 5.11 Å². The molecular formula is C20H20ClN3OS. The molecule has 0 bridgehead atoms. The molecular weight excluding hydrogens is 366 g/mol. The van der Waals surface area contributed by atoms with E-state index in [-0.39, 0.29) is 5.88 Å². The van der Waals surface area contributed by atoms with Crippen molar-refractivity contribution in [1.82, 2.24) is 4.57 Å². The minimum absolute atomic E-state index is 0.172. The van der Waals surface area contributed by atoms with E-state index in [0.29, 0.717) is 21.2 Å². The molecule has 0 saturated heterocycles. The molecule has 134 valence electrons. The number of thiazole rings is 1. The van der Waals surface area contributed by atoms with Gasteiger partial charge in [0.25, 0.3) is 0 Å². The van der Waals surface area contributed by atoms with Crippen LogP contribution < -0.4 is 4.80 Å². The van der Waals surface area contributed by atoms with Crippen LogP contribution in [0.2, 0.25) is 5.02 Å². The number of hydrogen-bond donors (Lipinski definition) is 1. The Hall–Kier alpha value is -2.37. The van der Waals surface area contributed by atoms with Gasteiger partial charge < -0.3 is 5.11 Å². The van der Waals surface area contributed by atoms with E-state index in [1.54, 1.807) is 10.8 Å². The zero-order valence-corrected chi connectivity index (χ0v) is 16.5. The second kappa shape index (κ2) is 7.89. The fourth-order valence-electron chi connectivity index (χ4n) is 2.40. The van der Waals surface area contributed by atoms with Crippen molar-refractivity contribution < 1.29 is 5.11 Å². The maximum absolute atomic E-state index is 10.5. The highest BCUT2D eigenvalue weighted by molar-refractivity contribution is 7.11. The molecule has 6 heteroatoms. The average molecular weight is 386 g/mol. The third kappa shape index (κ3) is 4.06. The summed E-state index contributed by atoms with van der Waals surface area (Å²) in [5.74, 6) is 0.172. The molecule has 0 spiro atoms. The number of halogens is 1. The molecule has 0 amide bonds. The van der Waals surface area contributed by atoms with Crippen molar-refractivity contribution in [2.75, 3.05) is 0 Å². The van der Waals surface area contributed by atoms with Gasteiger partial charge in [-0.2, -0.15) is 0 Å². The van der Waals surface area contributed by atoms with Gasteiger partial charge in [-0.05, 0) is 50.6 Å². The molecule has 0 fully saturated rings. The second-order valence-corrected chi connectivity index (χ2v) is 7.37. The zero-order chi connectivity index (χ0) is 18.7. The fourth-order valence-corrected chi connectivity index (χ4v) is 3.56. The highest BCUT2D eigenvalue weighted by Gasteiger charge is 2.10. The summed E-state index contributed by atoms with van der Waals surface area (Å²) in [6.45, 7) is 6.57. The minimum Gasteiger partial charge on any atom is -0.493 e. The molecule has 0 aliphatic rings. The third-order valence-corrected chi connectivity index (χ3v) is 5.38. The average Bonchev–Trinajstić information content (AvgIpc) is 2.92. The summed E-state index contributed by atoms with van der Waals surface area (Å²) in [5.41, 5.74) is 3.79. The van der Waals surface area contributed by atoms with Gasteiger partial charge in [0, 0.05) is 11.6 Å². The number of rotatable bonds is 4. The van der Waals surface area contributed by atoms with Crippen LogP contribution in [0.5, 0.6) is 5.88 Å². The van der Waals surface area contributed by atoms with Gasteiger partial charge in [0.05, 0.1) is 17.6 Å². The number of hydrogen-bond acceptors (Lipinski definition) is 4. The van der Waals surface area contributed by atoms with E-state index in [4.69, 9.17) is 11.6 Å². The Bertz CT molecular complexity index is 1020. The maximum Gasteiger partial charge on any atom is 0.212 e. The predicted molar refractivity (Wildman–Crippen MR) is 109 cm³/mol. The van der Waals surface area contributed by atoms with Crippen molar-refractivity contribution in [3.8, 4) is 5.88 Å². The molecule has 1 aromatic heterocycles. The Morgan fingerprint density at radius 2 is 1.81 bits per heavy atom. The third-order valence-electron chi connectivity index (χ3n) is 3.97. The first-order chi connectivity index (χ1) is 12.5. The number of aromatic nitrogens is 1. The van der Waals surface area contributed by atoms with Gasteiger partial charge in [0.15, 0.2) is 4.80 Å². The van der Waals surface area contributed by atoms with Crippen LogP contribution in [0.3, 0.4) is 0 Å². The Labute approximate surface area is 161 Å². The van der Waals surface area contributed by atoms with E-state index in [0.717, 1.165) is 16.9 Å². The predicted octanol–water partition coefficient (Wildman–Crippen LogP) is 5.53. The summed E-state index contributed by atoms with van der Waals surface area (Å²) in [4.78, 5) is 10.5. The van der Waals surface area contributed by atoms with Crippen molar-refractivity contribution >= 4 is 40.5 Å². The number of benzene rings is 2. The molecule has 2 aromatic carbocycles. The van der Waals surface area contributed by atoms with Crippen LogP contribution in [0.15, 0.2) is 52.4 Å². The van der Waals surface area contributed by atoms with Crippen LogP contribution in [0.1, 0.15) is 22.9 Å². The fraction of sp³-hybridized carbons (Fsp3) is 0.200. The largest absolute Gasteiger partial charge is 0.493 e. The number of nitrogens with zero attached hydrogens (tertiary/aromatic N) is 3. The molecule has 1 heterocycles. The maximum atomic E-state index is 10.5. The first-order valence-corrected chi connectivity index (χ1v) is 9.51. The lowest BCUT2D eigenvalue weighted by Gasteiger charge is -2.01. The van der Waals surface area contributed by atoms with Crippen LogP contribution in [0, 0.1) is 13.8 Å². The van der Waals surface area contributed by atoms with Gasteiger partial charge in [-0.15, -0.1) is 0 Å². The summed E-state index contributed by atoms with van der Waals surface area (Å²) < 4.78 is 1.76. The molecule has 26 heavy (non-hydrogen) atoms. The highest BCUT2D eigenvalue weighted by atomic mass is 35.5. The minimum atomic E-state index is 0.172. The van der Waals surface area contributed by atoms with Crippen LogP contribution in [-0.4, -0.2) is 15.9 Å². The summed E-state index contributed by atoms with van der Waals surface area (Å²) in [5, 5.41) is 11.2. The summed E-state index contributed by atoms with van der Waals surface area (Å²) in [6.07, 6.45) is 1.68. The summed E-state index contributed by atoms with van der Waals surface area (Å²) >= 11 is 7.58. The van der Waals surface area contributed by atoms with E-state index in [2.05, 4.69) is 9.98 Å². The summed E-state index contributed by atoms with van der Waals surface area (Å²) in [7, 11) is 0. The van der Waals surface area contributed by atoms with Gasteiger partial charge >= 0.3 is 0 Å². The van der Waals surface area contributed by atoms with Crippen LogP contribution >= 0.6 is 22.9 Å². The number of aryl methyl sites for hydroxylation is 2. The van der Waals surface area contributed by atoms with Crippen molar-refractivity contribution in [1.29, 1.82) is 0 Å². The highest BCUT2D eigenvalue weighted by Crippen LogP contribution is 2.24. The van der Waals surface area contributed by atoms with Gasteiger partial charge in [-0.25, -0.2) is 4.99 Å². The van der Waals surface area contributed by atoms with Crippen LogP contribution in [0.4, 0.5) is 11.4 Å². The SMILES string of the molecule is CCn1c(O)c(C=Nc2ccc(C)cc2)sc1=Nc1ccc(C)c(Cl)c1. The quantitative estimate of drug-likeness (QED) is 0.590. The molecule has 3 rings (SSSR count). The lowest BCUT2D eigenvalue weighted by atomic mass is 10.2. The number of aromatic hydroxyl groups is 1. The lowest BCUT2D eigenvalue weighted by Crippen LogP contribution is -2.12. The van der Waals surface area contributed by atoms with Crippen molar-refractivity contribution in [2.45, 2.75) is 27.3 Å². The van der Waals surface area contributed by atoms with Crippen molar-refractivity contribution in [3.05, 3.63) is 68.3 Å². The zero-order valence-electron chi connectivity index (χ0n) is 14.9. The van der Waals surface area contributed by atoms with Crippen molar-refractivity contribution in [2.24, 2.45) is 9.98 Å².